The normalized spacial score (nSPS) is 55.8. The molecule has 2 N–H and O–H groups in total. The number of benzene rings is 1. The van der Waals surface area contributed by atoms with E-state index < -0.39 is 0 Å². The maximum absolute atomic E-state index is 11.6. The van der Waals surface area contributed by atoms with E-state index >= 15 is 0 Å². The zero-order chi connectivity index (χ0) is 16.4. The van der Waals surface area contributed by atoms with Gasteiger partial charge in [-0.2, -0.15) is 0 Å². The second kappa shape index (κ2) is 4.17. The highest BCUT2D eigenvalue weighted by molar-refractivity contribution is 5.67. The van der Waals surface area contributed by atoms with Crippen molar-refractivity contribution in [1.29, 1.82) is 0 Å². The van der Waals surface area contributed by atoms with E-state index in [0.717, 1.165) is 19.3 Å². The topological polar surface area (TPSA) is 46.9 Å². The van der Waals surface area contributed by atoms with Crippen LogP contribution in [0.5, 0.6) is 0 Å². The molecule has 7 rings (SSSR count). The molecule has 1 aromatic rings. The van der Waals surface area contributed by atoms with Crippen LogP contribution >= 0.6 is 0 Å². The van der Waals surface area contributed by atoms with Crippen LogP contribution in [0.3, 0.4) is 0 Å². The summed E-state index contributed by atoms with van der Waals surface area (Å²) in [5.41, 5.74) is 2.51. The van der Waals surface area contributed by atoms with E-state index in [1.807, 2.05) is 0 Å². The van der Waals surface area contributed by atoms with Crippen molar-refractivity contribution in [2.24, 2.45) is 17.8 Å². The molecule has 4 nitrogen and oxygen atoms in total. The molecule has 5 heterocycles. The van der Waals surface area contributed by atoms with E-state index in [1.54, 1.807) is 0 Å². The predicted octanol–water partition coefficient (Wildman–Crippen LogP) is 1.55. The fourth-order valence-electron chi connectivity index (χ4n) is 7.88. The third-order valence-electron chi connectivity index (χ3n) is 8.46. The third-order valence-corrected chi connectivity index (χ3v) is 8.46. The van der Waals surface area contributed by atoms with Crippen LogP contribution in [0.4, 0.5) is 5.69 Å². The highest BCUT2D eigenvalue weighted by atomic mass is 16.3. The molecule has 1 aliphatic carbocycles. The van der Waals surface area contributed by atoms with Gasteiger partial charge in [0.1, 0.15) is 6.23 Å². The molecule has 128 valence electrons. The van der Waals surface area contributed by atoms with Crippen molar-refractivity contribution in [3.8, 4) is 0 Å². The highest BCUT2D eigenvalue weighted by Crippen LogP contribution is 2.68. The zero-order valence-corrected chi connectivity index (χ0v) is 14.3. The first kappa shape index (κ1) is 14.1. The van der Waals surface area contributed by atoms with Crippen LogP contribution < -0.4 is 4.90 Å². The Morgan fingerprint density at radius 2 is 2.00 bits per heavy atom. The molecule has 5 fully saturated rings. The lowest BCUT2D eigenvalue weighted by atomic mass is 9.62. The van der Waals surface area contributed by atoms with Crippen molar-refractivity contribution < 1.29 is 10.2 Å². The standard InChI is InChI=1S/C20H26N2O2/c1-3-10-11-8-14-17-20(12-6-4-5-7-13(12)21(17)2)9-15(16(11)18(20)23)22(14)19(10)24/h4-7,10-11,14-19,23-24H,3,8-9H2,1-2H3/t10-,11-,14-,15-,16+,17+,18+,19+,20+/m0/s1. The van der Waals surface area contributed by atoms with Crippen molar-refractivity contribution >= 4 is 5.69 Å². The van der Waals surface area contributed by atoms with Gasteiger partial charge in [-0.3, -0.25) is 4.90 Å². The molecule has 1 saturated carbocycles. The molecule has 10 atom stereocenters. The Hall–Kier alpha value is -1.10. The maximum atomic E-state index is 11.6. The van der Waals surface area contributed by atoms with Crippen molar-refractivity contribution in [3.63, 3.8) is 0 Å². The van der Waals surface area contributed by atoms with Crippen molar-refractivity contribution in [2.75, 3.05) is 11.9 Å². The number of fused-ring (bicyclic) bond motifs is 2. The first-order chi connectivity index (χ1) is 11.6. The summed E-state index contributed by atoms with van der Waals surface area (Å²) in [6, 6.07) is 9.70. The van der Waals surface area contributed by atoms with Gasteiger partial charge in [0.05, 0.1) is 12.1 Å². The van der Waals surface area contributed by atoms with Crippen LogP contribution in [0.15, 0.2) is 24.3 Å². The molecule has 0 radical (unpaired) electrons. The highest BCUT2D eigenvalue weighted by Gasteiger charge is 2.76. The van der Waals surface area contributed by atoms with Gasteiger partial charge >= 0.3 is 0 Å². The minimum atomic E-state index is -0.319. The maximum Gasteiger partial charge on any atom is 0.111 e. The van der Waals surface area contributed by atoms with E-state index in [1.165, 1.54) is 11.3 Å². The molecular weight excluding hydrogens is 300 g/mol. The first-order valence-electron chi connectivity index (χ1n) is 9.57. The molecule has 4 heteroatoms. The van der Waals surface area contributed by atoms with Crippen molar-refractivity contribution in [2.45, 2.75) is 62.1 Å². The number of piperidine rings is 4. The number of aliphatic hydroxyl groups is 2. The van der Waals surface area contributed by atoms with Gasteiger partial charge in [-0.15, -0.1) is 0 Å². The van der Waals surface area contributed by atoms with E-state index in [2.05, 4.69) is 48.0 Å². The Morgan fingerprint density at radius 1 is 1.21 bits per heavy atom. The summed E-state index contributed by atoms with van der Waals surface area (Å²) in [4.78, 5) is 4.83. The quantitative estimate of drug-likeness (QED) is 0.822. The van der Waals surface area contributed by atoms with Crippen LogP contribution in [0, 0.1) is 17.8 Å². The van der Waals surface area contributed by atoms with Crippen molar-refractivity contribution in [1.82, 2.24) is 4.90 Å². The Bertz CT molecular complexity index is 723. The second-order valence-electron chi connectivity index (χ2n) is 8.81. The van der Waals surface area contributed by atoms with Gasteiger partial charge in [0.2, 0.25) is 0 Å². The number of hydrogen-bond donors (Lipinski definition) is 2. The lowest BCUT2D eigenvalue weighted by molar-refractivity contribution is -0.211. The van der Waals surface area contributed by atoms with Gasteiger partial charge in [0.15, 0.2) is 0 Å². The SMILES string of the molecule is CC[C@H]1[C@@H]2C[C@H]3[C@H]4N(C)c5ccccc5[C@]45C[C@@H]([C@@H]2[C@H]5O)N3[C@@H]1O. The number of hydrogen-bond acceptors (Lipinski definition) is 4. The number of aliphatic hydroxyl groups excluding tert-OH is 2. The molecule has 1 spiro atoms. The molecule has 1 unspecified atom stereocenters. The molecule has 1 aromatic carbocycles. The minimum absolute atomic E-state index is 0.126. The average Bonchev–Trinajstić information content (AvgIpc) is 2.97. The first-order valence-corrected chi connectivity index (χ1v) is 9.57. The lowest BCUT2D eigenvalue weighted by Gasteiger charge is -2.62. The molecule has 24 heavy (non-hydrogen) atoms. The molecular formula is C20H26N2O2. The summed E-state index contributed by atoms with van der Waals surface area (Å²) in [7, 11) is 2.19. The van der Waals surface area contributed by atoms with Gasteiger partial charge in [-0.25, -0.2) is 0 Å². The Kier molecular flexibility index (Phi) is 2.45. The van der Waals surface area contributed by atoms with E-state index in [4.69, 9.17) is 0 Å². The summed E-state index contributed by atoms with van der Waals surface area (Å²) < 4.78 is 0. The van der Waals surface area contributed by atoms with Crippen LogP contribution in [-0.4, -0.2) is 52.6 Å². The Balaban J connectivity index is 1.60. The van der Waals surface area contributed by atoms with Gasteiger partial charge in [0, 0.05) is 42.1 Å². The summed E-state index contributed by atoms with van der Waals surface area (Å²) in [6.45, 7) is 2.19. The molecule has 4 saturated heterocycles. The van der Waals surface area contributed by atoms with Crippen LogP contribution in [0.2, 0.25) is 0 Å². The van der Waals surface area contributed by atoms with E-state index in [-0.39, 0.29) is 17.7 Å². The number of likely N-dealkylation sites (N-methyl/N-ethyl adjacent to an activating group) is 1. The van der Waals surface area contributed by atoms with Crippen LogP contribution in [-0.2, 0) is 5.41 Å². The average molecular weight is 326 g/mol. The largest absolute Gasteiger partial charge is 0.392 e. The number of nitrogens with zero attached hydrogens (tertiary/aromatic N) is 2. The van der Waals surface area contributed by atoms with Crippen molar-refractivity contribution in [3.05, 3.63) is 29.8 Å². The van der Waals surface area contributed by atoms with Gasteiger partial charge in [0.25, 0.3) is 0 Å². The molecule has 0 amide bonds. The lowest BCUT2D eigenvalue weighted by Crippen LogP contribution is -2.72. The molecule has 0 aromatic heterocycles. The number of para-hydroxylation sites is 1. The second-order valence-corrected chi connectivity index (χ2v) is 8.81. The predicted molar refractivity (Wildman–Crippen MR) is 91.7 cm³/mol. The number of rotatable bonds is 1. The van der Waals surface area contributed by atoms with Gasteiger partial charge in [-0.1, -0.05) is 25.1 Å². The van der Waals surface area contributed by atoms with E-state index in [0.29, 0.717) is 35.9 Å². The van der Waals surface area contributed by atoms with Gasteiger partial charge in [-0.05, 0) is 36.8 Å². The minimum Gasteiger partial charge on any atom is -0.392 e. The van der Waals surface area contributed by atoms with E-state index in [9.17, 15) is 10.2 Å². The summed E-state index contributed by atoms with van der Waals surface area (Å²) in [6.07, 6.45) is 2.56. The Labute approximate surface area is 143 Å². The molecule has 5 aliphatic heterocycles. The van der Waals surface area contributed by atoms with Crippen LogP contribution in [0.25, 0.3) is 0 Å². The molecule has 6 aliphatic rings. The fourth-order valence-corrected chi connectivity index (χ4v) is 7.88. The van der Waals surface area contributed by atoms with Gasteiger partial charge < -0.3 is 15.1 Å². The summed E-state index contributed by atoms with van der Waals surface area (Å²) in [5.74, 6) is 1.14. The molecule has 5 bridgehead atoms. The zero-order valence-electron chi connectivity index (χ0n) is 14.3. The Morgan fingerprint density at radius 3 is 2.79 bits per heavy atom. The fraction of sp³-hybridized carbons (Fsp3) is 0.700. The van der Waals surface area contributed by atoms with Crippen LogP contribution in [0.1, 0.15) is 31.7 Å². The summed E-state index contributed by atoms with van der Waals surface area (Å²) >= 11 is 0. The smallest absolute Gasteiger partial charge is 0.111 e. The monoisotopic (exact) mass is 326 g/mol. The third kappa shape index (κ3) is 1.20. The summed E-state index contributed by atoms with van der Waals surface area (Å²) in [5, 5.41) is 22.6. The number of anilines is 1.